The first kappa shape index (κ1) is 23.1. The number of Topliss-reactive ketones (excluding diaryl/α,β-unsaturated/α-hetero) is 2. The summed E-state index contributed by atoms with van der Waals surface area (Å²) < 4.78 is 5.88. The van der Waals surface area contributed by atoms with Crippen LogP contribution in [0, 0.1) is 6.92 Å². The van der Waals surface area contributed by atoms with Crippen molar-refractivity contribution >= 4 is 29.0 Å². The van der Waals surface area contributed by atoms with Gasteiger partial charge in [-0.2, -0.15) is 0 Å². The van der Waals surface area contributed by atoms with Gasteiger partial charge in [-0.25, -0.2) is 0 Å². The maximum Gasteiger partial charge on any atom is 0.249 e. The van der Waals surface area contributed by atoms with E-state index in [1.165, 1.54) is 31.4 Å². The van der Waals surface area contributed by atoms with E-state index in [4.69, 9.17) is 10.5 Å². The highest BCUT2D eigenvalue weighted by atomic mass is 16.5. The van der Waals surface area contributed by atoms with Crippen LogP contribution < -0.4 is 5.73 Å². The number of ether oxygens (including phenoxy) is 1. The molecular formula is C28H25NO6. The first-order valence-corrected chi connectivity index (χ1v) is 11.6. The van der Waals surface area contributed by atoms with Crippen LogP contribution in [0.1, 0.15) is 106 Å². The Labute approximate surface area is 202 Å². The monoisotopic (exact) mass is 471 g/mol. The average molecular weight is 472 g/mol. The molecule has 5 rings (SSSR count). The van der Waals surface area contributed by atoms with E-state index in [1.807, 2.05) is 26.8 Å². The van der Waals surface area contributed by atoms with Crippen LogP contribution in [0.4, 0.5) is 0 Å². The van der Waals surface area contributed by atoms with Crippen LogP contribution in [0.5, 0.6) is 0 Å². The average Bonchev–Trinajstić information content (AvgIpc) is 2.82. The molecule has 35 heavy (non-hydrogen) atoms. The summed E-state index contributed by atoms with van der Waals surface area (Å²) in [6, 6.07) is 4.59. The molecule has 1 amide bonds. The van der Waals surface area contributed by atoms with Gasteiger partial charge in [-0.1, -0.05) is 19.9 Å². The van der Waals surface area contributed by atoms with Gasteiger partial charge in [0.2, 0.25) is 5.91 Å². The Bertz CT molecular complexity index is 1430. The molecule has 3 aliphatic carbocycles. The van der Waals surface area contributed by atoms with Crippen LogP contribution in [-0.2, 0) is 11.2 Å². The number of carbonyl (C=O) groups is 5. The first-order valence-electron chi connectivity index (χ1n) is 11.6. The van der Waals surface area contributed by atoms with Crippen molar-refractivity contribution < 1.29 is 28.7 Å². The molecule has 2 N–H and O–H groups in total. The summed E-state index contributed by atoms with van der Waals surface area (Å²) in [6.07, 6.45) is 3.07. The number of hydrogen-bond acceptors (Lipinski definition) is 6. The largest absolute Gasteiger partial charge is 0.369 e. The highest BCUT2D eigenvalue weighted by Gasteiger charge is 2.58. The summed E-state index contributed by atoms with van der Waals surface area (Å²) in [5.41, 5.74) is 7.87. The van der Waals surface area contributed by atoms with Gasteiger partial charge in [-0.05, 0) is 72.2 Å². The van der Waals surface area contributed by atoms with Gasteiger partial charge in [0.15, 0.2) is 23.1 Å². The third kappa shape index (κ3) is 2.97. The fourth-order valence-corrected chi connectivity index (χ4v) is 6.12. The first-order chi connectivity index (χ1) is 16.5. The molecule has 2 atom stereocenters. The van der Waals surface area contributed by atoms with Gasteiger partial charge in [0.1, 0.15) is 5.60 Å². The van der Waals surface area contributed by atoms with Crippen molar-refractivity contribution in [3.63, 3.8) is 0 Å². The van der Waals surface area contributed by atoms with Crippen molar-refractivity contribution in [1.29, 1.82) is 0 Å². The second-order valence-corrected chi connectivity index (χ2v) is 9.80. The standard InChI is InChI=1S/C28H25NO6/c1-12(2)21-22(27(29)34)13(3)9-14-7-8-28(35-4)24(23(14)21)25(32)17-10-15-16(11-18(17)26(28)33)20(31)6-5-19(15)30/h5-6,9-12,24H,7-8H2,1-4H3,(H2,29,34). The summed E-state index contributed by atoms with van der Waals surface area (Å²) >= 11 is 0. The van der Waals surface area contributed by atoms with Crippen LogP contribution in [0.15, 0.2) is 30.4 Å². The van der Waals surface area contributed by atoms with E-state index in [2.05, 4.69) is 0 Å². The second kappa shape index (κ2) is 7.65. The highest BCUT2D eigenvalue weighted by molar-refractivity contribution is 6.27. The molecule has 2 aromatic carbocycles. The van der Waals surface area contributed by atoms with E-state index in [1.54, 1.807) is 0 Å². The molecule has 0 fully saturated rings. The maximum absolute atomic E-state index is 14.2. The van der Waals surface area contributed by atoms with E-state index in [-0.39, 0.29) is 40.4 Å². The molecule has 0 aromatic heterocycles. The molecule has 2 unspecified atom stereocenters. The Hall–Kier alpha value is -3.71. The molecule has 0 spiro atoms. The molecule has 3 aliphatic rings. The third-order valence-electron chi connectivity index (χ3n) is 7.63. The summed E-state index contributed by atoms with van der Waals surface area (Å²) in [4.78, 5) is 65.6. The zero-order chi connectivity index (χ0) is 25.4. The van der Waals surface area contributed by atoms with Gasteiger partial charge in [-0.3, -0.25) is 24.0 Å². The zero-order valence-electron chi connectivity index (χ0n) is 20.0. The molecule has 0 aliphatic heterocycles. The van der Waals surface area contributed by atoms with Crippen LogP contribution >= 0.6 is 0 Å². The highest BCUT2D eigenvalue weighted by Crippen LogP contribution is 2.52. The lowest BCUT2D eigenvalue weighted by Crippen LogP contribution is -2.55. The Kier molecular flexibility index (Phi) is 5.04. The topological polar surface area (TPSA) is 121 Å². The summed E-state index contributed by atoms with van der Waals surface area (Å²) in [7, 11) is 1.40. The minimum absolute atomic E-state index is 0.0834. The van der Waals surface area contributed by atoms with E-state index in [0.717, 1.165) is 11.1 Å². The minimum Gasteiger partial charge on any atom is -0.369 e. The fraction of sp³-hybridized carbons (Fsp3) is 0.321. The number of ketones is 4. The van der Waals surface area contributed by atoms with E-state index in [0.29, 0.717) is 23.1 Å². The Balaban J connectivity index is 1.84. The van der Waals surface area contributed by atoms with Gasteiger partial charge >= 0.3 is 0 Å². The van der Waals surface area contributed by atoms with Crippen molar-refractivity contribution in [3.05, 3.63) is 80.4 Å². The lowest BCUT2D eigenvalue weighted by atomic mass is 9.59. The Morgan fingerprint density at radius 3 is 2.14 bits per heavy atom. The summed E-state index contributed by atoms with van der Waals surface area (Å²) in [5.74, 6) is -3.33. The lowest BCUT2D eigenvalue weighted by Gasteiger charge is -2.46. The predicted octanol–water partition coefficient (Wildman–Crippen LogP) is 3.65. The van der Waals surface area contributed by atoms with Crippen molar-refractivity contribution in [2.75, 3.05) is 7.11 Å². The van der Waals surface area contributed by atoms with Crippen molar-refractivity contribution in [3.8, 4) is 0 Å². The number of methoxy groups -OCH3 is 1. The normalized spacial score (nSPS) is 22.6. The number of nitrogens with two attached hydrogens (primary N) is 1. The molecule has 0 radical (unpaired) electrons. The number of rotatable bonds is 3. The summed E-state index contributed by atoms with van der Waals surface area (Å²) in [5, 5.41) is 0. The zero-order valence-corrected chi connectivity index (χ0v) is 20.0. The molecule has 0 heterocycles. The quantitative estimate of drug-likeness (QED) is 0.730. The van der Waals surface area contributed by atoms with Crippen molar-refractivity contribution in [2.24, 2.45) is 5.73 Å². The Morgan fingerprint density at radius 2 is 1.60 bits per heavy atom. The molecular weight excluding hydrogens is 446 g/mol. The second-order valence-electron chi connectivity index (χ2n) is 9.80. The minimum atomic E-state index is -1.49. The number of amides is 1. The lowest BCUT2D eigenvalue weighted by molar-refractivity contribution is -0.0222. The van der Waals surface area contributed by atoms with Gasteiger partial charge < -0.3 is 10.5 Å². The maximum atomic E-state index is 14.2. The number of benzene rings is 2. The van der Waals surface area contributed by atoms with E-state index < -0.39 is 34.8 Å². The number of carbonyl (C=O) groups excluding carboxylic acids is 5. The predicted molar refractivity (Wildman–Crippen MR) is 127 cm³/mol. The van der Waals surface area contributed by atoms with Gasteiger partial charge in [0.25, 0.3) is 0 Å². The van der Waals surface area contributed by atoms with Crippen LogP contribution in [-0.4, -0.2) is 41.8 Å². The third-order valence-corrected chi connectivity index (χ3v) is 7.63. The number of fused-ring (bicyclic) bond motifs is 5. The molecule has 178 valence electrons. The van der Waals surface area contributed by atoms with Crippen LogP contribution in [0.25, 0.3) is 0 Å². The number of primary amides is 1. The molecule has 0 bridgehead atoms. The van der Waals surface area contributed by atoms with E-state index in [9.17, 15) is 24.0 Å². The van der Waals surface area contributed by atoms with Crippen molar-refractivity contribution in [1.82, 2.24) is 0 Å². The van der Waals surface area contributed by atoms with Crippen LogP contribution in [0.2, 0.25) is 0 Å². The number of allylic oxidation sites excluding steroid dienone is 2. The van der Waals surface area contributed by atoms with Gasteiger partial charge in [0.05, 0.1) is 5.92 Å². The molecule has 2 aromatic rings. The molecule has 0 saturated carbocycles. The van der Waals surface area contributed by atoms with Crippen molar-refractivity contribution in [2.45, 2.75) is 51.0 Å². The molecule has 7 nitrogen and oxygen atoms in total. The van der Waals surface area contributed by atoms with Crippen LogP contribution in [0.3, 0.4) is 0 Å². The summed E-state index contributed by atoms with van der Waals surface area (Å²) in [6.45, 7) is 5.65. The molecule has 0 saturated heterocycles. The van der Waals surface area contributed by atoms with Gasteiger partial charge in [0, 0.05) is 34.9 Å². The van der Waals surface area contributed by atoms with E-state index >= 15 is 0 Å². The molecule has 7 heteroatoms. The number of hydrogen-bond donors (Lipinski definition) is 1. The SMILES string of the molecule is COC12CCc3cc(C)c(C(N)=O)c(C(C)C)c3C1C(=O)c1cc3c(cc1C2=O)C(=O)C=CC3=O. The fourth-order valence-electron chi connectivity index (χ4n) is 6.12. The number of aryl methyl sites for hydroxylation is 2. The smallest absolute Gasteiger partial charge is 0.249 e. The van der Waals surface area contributed by atoms with Gasteiger partial charge in [-0.15, -0.1) is 0 Å². The Morgan fingerprint density at radius 1 is 1.00 bits per heavy atom.